The number of aliphatic carboxylic acids is 1. The quantitative estimate of drug-likeness (QED) is 0.282. The summed E-state index contributed by atoms with van der Waals surface area (Å²) in [5.41, 5.74) is 0. The van der Waals surface area contributed by atoms with Crippen LogP contribution in [-0.4, -0.2) is 45.8 Å². The van der Waals surface area contributed by atoms with Crippen molar-refractivity contribution < 1.29 is 14.6 Å². The summed E-state index contributed by atoms with van der Waals surface area (Å²) in [5.74, 6) is 4.64. The van der Waals surface area contributed by atoms with Crippen molar-refractivity contribution >= 4 is 29.5 Å². The van der Waals surface area contributed by atoms with E-state index in [1.807, 2.05) is 0 Å². The first-order valence-electron chi connectivity index (χ1n) is 11.5. The van der Waals surface area contributed by atoms with Gasteiger partial charge in [-0.1, -0.05) is 31.4 Å². The van der Waals surface area contributed by atoms with Crippen molar-refractivity contribution in [3.8, 4) is 0 Å². The largest absolute Gasteiger partial charge is 0.481 e. The number of fused-ring (bicyclic) bond motifs is 2. The summed E-state index contributed by atoms with van der Waals surface area (Å²) < 4.78 is 6.24. The fraction of sp³-hybridized carbons (Fsp3) is 0.870. The molecular weight excluding hydrogens is 388 g/mol. The van der Waals surface area contributed by atoms with Gasteiger partial charge in [-0.3, -0.25) is 4.79 Å². The van der Waals surface area contributed by atoms with Crippen LogP contribution in [0.15, 0.2) is 12.2 Å². The Hall–Kier alpha value is -0.130. The molecule has 1 aliphatic carbocycles. The average molecular weight is 427 g/mol. The third-order valence-corrected chi connectivity index (χ3v) is 9.31. The summed E-state index contributed by atoms with van der Waals surface area (Å²) in [6, 6.07) is 0. The molecule has 3 aliphatic rings. The van der Waals surface area contributed by atoms with Gasteiger partial charge in [-0.05, 0) is 69.0 Å². The third kappa shape index (κ3) is 7.28. The molecule has 2 heterocycles. The molecule has 3 nitrogen and oxygen atoms in total. The summed E-state index contributed by atoms with van der Waals surface area (Å²) in [6.45, 7) is 0. The number of ether oxygens (including phenoxy) is 1. The molecule has 0 amide bonds. The van der Waals surface area contributed by atoms with Gasteiger partial charge in [-0.2, -0.15) is 23.5 Å². The lowest BCUT2D eigenvalue weighted by atomic mass is 9.76. The van der Waals surface area contributed by atoms with Gasteiger partial charge >= 0.3 is 5.97 Å². The van der Waals surface area contributed by atoms with Crippen LogP contribution in [-0.2, 0) is 9.53 Å². The Morgan fingerprint density at radius 2 is 1.75 bits per heavy atom. The molecule has 3 fully saturated rings. The van der Waals surface area contributed by atoms with E-state index in [1.165, 1.54) is 68.6 Å². The van der Waals surface area contributed by atoms with Gasteiger partial charge in [0.05, 0.1) is 12.2 Å². The van der Waals surface area contributed by atoms with Crippen LogP contribution >= 0.6 is 23.5 Å². The molecule has 0 radical (unpaired) electrons. The maximum absolute atomic E-state index is 10.6. The molecule has 0 spiro atoms. The molecule has 2 bridgehead atoms. The Balaban J connectivity index is 1.28. The SMILES string of the molecule is O=C(O)CCC/C=C\C[C@@H]1[C@@H](CCSCCSC2CCCCC2)[C@@H]2CC[C@H]1O2. The number of carbonyl (C=O) groups is 1. The van der Waals surface area contributed by atoms with E-state index in [9.17, 15) is 4.79 Å². The number of hydrogen-bond donors (Lipinski definition) is 1. The second kappa shape index (κ2) is 12.5. The molecule has 4 atom stereocenters. The molecule has 0 aromatic heterocycles. The van der Waals surface area contributed by atoms with Crippen LogP contribution in [0.2, 0.25) is 0 Å². The number of carboxylic acids is 1. The van der Waals surface area contributed by atoms with Crippen LogP contribution in [0.1, 0.15) is 77.0 Å². The number of carboxylic acid groups (broad SMARTS) is 1. The molecule has 2 aliphatic heterocycles. The van der Waals surface area contributed by atoms with Crippen LogP contribution in [0.3, 0.4) is 0 Å². The maximum Gasteiger partial charge on any atom is 0.303 e. The minimum absolute atomic E-state index is 0.278. The zero-order chi connectivity index (χ0) is 19.6. The summed E-state index contributed by atoms with van der Waals surface area (Å²) >= 11 is 4.37. The number of unbranched alkanes of at least 4 members (excludes halogenated alkanes) is 1. The number of hydrogen-bond acceptors (Lipinski definition) is 4. The van der Waals surface area contributed by atoms with Gasteiger partial charge < -0.3 is 9.84 Å². The predicted molar refractivity (Wildman–Crippen MR) is 121 cm³/mol. The van der Waals surface area contributed by atoms with Crippen molar-refractivity contribution in [3.63, 3.8) is 0 Å². The van der Waals surface area contributed by atoms with E-state index < -0.39 is 5.97 Å². The summed E-state index contributed by atoms with van der Waals surface area (Å²) in [5, 5.41) is 9.65. The first kappa shape index (κ1) is 22.6. The number of thioether (sulfide) groups is 2. The highest BCUT2D eigenvalue weighted by Gasteiger charge is 2.47. The number of allylic oxidation sites excluding steroid dienone is 2. The molecule has 2 saturated heterocycles. The first-order valence-corrected chi connectivity index (χ1v) is 13.7. The highest BCUT2D eigenvalue weighted by Crippen LogP contribution is 2.47. The van der Waals surface area contributed by atoms with E-state index in [-0.39, 0.29) is 6.42 Å². The molecule has 5 heteroatoms. The lowest BCUT2D eigenvalue weighted by Crippen LogP contribution is -2.27. The van der Waals surface area contributed by atoms with Crippen molar-refractivity contribution in [2.45, 2.75) is 94.5 Å². The predicted octanol–water partition coefficient (Wildman–Crippen LogP) is 6.17. The van der Waals surface area contributed by atoms with Crippen molar-refractivity contribution in [1.29, 1.82) is 0 Å². The van der Waals surface area contributed by atoms with Crippen LogP contribution < -0.4 is 0 Å². The van der Waals surface area contributed by atoms with Gasteiger partial charge in [0, 0.05) is 23.2 Å². The van der Waals surface area contributed by atoms with Gasteiger partial charge in [0.15, 0.2) is 0 Å². The van der Waals surface area contributed by atoms with Crippen LogP contribution in [0.25, 0.3) is 0 Å². The van der Waals surface area contributed by atoms with E-state index in [1.54, 1.807) is 0 Å². The second-order valence-corrected chi connectivity index (χ2v) is 11.3. The van der Waals surface area contributed by atoms with Gasteiger partial charge in [-0.25, -0.2) is 0 Å². The van der Waals surface area contributed by atoms with Crippen molar-refractivity contribution in [3.05, 3.63) is 12.2 Å². The fourth-order valence-electron chi connectivity index (χ4n) is 5.17. The molecule has 0 unspecified atom stereocenters. The van der Waals surface area contributed by atoms with Crippen molar-refractivity contribution in [1.82, 2.24) is 0 Å². The fourth-order valence-corrected chi connectivity index (χ4v) is 7.67. The summed E-state index contributed by atoms with van der Waals surface area (Å²) in [6.07, 6.45) is 19.5. The standard InChI is InChI=1S/C23H38O3S2/c24-23(25)11-7-2-1-6-10-19-20(22-13-12-21(19)26-22)14-15-27-16-17-28-18-8-4-3-5-9-18/h1,6,18-22H,2-5,7-17H2,(H,24,25)/b6-1-/t19-,20-,21-,22+/m1/s1. The third-order valence-electron chi connectivity index (χ3n) is 6.66. The highest BCUT2D eigenvalue weighted by molar-refractivity contribution is 8.03. The van der Waals surface area contributed by atoms with Gasteiger partial charge in [0.25, 0.3) is 0 Å². The van der Waals surface area contributed by atoms with E-state index in [0.717, 1.165) is 30.4 Å². The highest BCUT2D eigenvalue weighted by atomic mass is 32.2. The minimum Gasteiger partial charge on any atom is -0.481 e. The van der Waals surface area contributed by atoms with Crippen LogP contribution in [0.5, 0.6) is 0 Å². The van der Waals surface area contributed by atoms with E-state index in [0.29, 0.717) is 18.1 Å². The Labute approximate surface area is 179 Å². The lowest BCUT2D eigenvalue weighted by Gasteiger charge is -2.27. The molecule has 0 aromatic rings. The number of rotatable bonds is 13. The zero-order valence-corrected chi connectivity index (χ0v) is 18.9. The van der Waals surface area contributed by atoms with Crippen molar-refractivity contribution in [2.75, 3.05) is 17.3 Å². The van der Waals surface area contributed by atoms with Crippen LogP contribution in [0, 0.1) is 11.8 Å². The molecule has 1 saturated carbocycles. The average Bonchev–Trinajstić information content (AvgIpc) is 3.30. The Kier molecular flexibility index (Phi) is 10.1. The van der Waals surface area contributed by atoms with Gasteiger partial charge in [0.2, 0.25) is 0 Å². The maximum atomic E-state index is 10.6. The normalized spacial score (nSPS) is 30.4. The van der Waals surface area contributed by atoms with E-state index in [2.05, 4.69) is 35.7 Å². The smallest absolute Gasteiger partial charge is 0.303 e. The Bertz CT molecular complexity index is 490. The van der Waals surface area contributed by atoms with Gasteiger partial charge in [-0.15, -0.1) is 0 Å². The van der Waals surface area contributed by atoms with Gasteiger partial charge in [0.1, 0.15) is 0 Å². The summed E-state index contributed by atoms with van der Waals surface area (Å²) in [7, 11) is 0. The van der Waals surface area contributed by atoms with E-state index >= 15 is 0 Å². The molecule has 3 rings (SSSR count). The zero-order valence-electron chi connectivity index (χ0n) is 17.2. The second-order valence-electron chi connectivity index (χ2n) is 8.64. The van der Waals surface area contributed by atoms with Crippen LogP contribution in [0.4, 0.5) is 0 Å². The molecule has 28 heavy (non-hydrogen) atoms. The van der Waals surface area contributed by atoms with Crippen molar-refractivity contribution in [2.24, 2.45) is 11.8 Å². The molecule has 0 aromatic carbocycles. The Morgan fingerprint density at radius 3 is 2.54 bits per heavy atom. The summed E-state index contributed by atoms with van der Waals surface area (Å²) in [4.78, 5) is 10.6. The minimum atomic E-state index is -0.690. The molecular formula is C23H38O3S2. The lowest BCUT2D eigenvalue weighted by molar-refractivity contribution is -0.137. The van der Waals surface area contributed by atoms with E-state index in [4.69, 9.17) is 9.84 Å². The molecule has 1 N–H and O–H groups in total. The first-order chi connectivity index (χ1) is 13.7. The molecule has 160 valence electrons. The Morgan fingerprint density at radius 1 is 0.964 bits per heavy atom. The topological polar surface area (TPSA) is 46.5 Å². The monoisotopic (exact) mass is 426 g/mol.